The first kappa shape index (κ1) is 15.9. The van der Waals surface area contributed by atoms with Crippen molar-refractivity contribution in [1.29, 1.82) is 0 Å². The van der Waals surface area contributed by atoms with E-state index in [4.69, 9.17) is 34.8 Å². The van der Waals surface area contributed by atoms with Crippen molar-refractivity contribution in [2.75, 3.05) is 13.1 Å². The summed E-state index contributed by atoms with van der Waals surface area (Å²) in [4.78, 5) is 11.5. The van der Waals surface area contributed by atoms with Crippen molar-refractivity contribution in [1.82, 2.24) is 10.6 Å². The Morgan fingerprint density at radius 2 is 1.95 bits per heavy atom. The van der Waals surface area contributed by atoms with E-state index in [-0.39, 0.29) is 17.9 Å². The molecule has 0 saturated heterocycles. The van der Waals surface area contributed by atoms with Gasteiger partial charge >= 0.3 is 0 Å². The van der Waals surface area contributed by atoms with Crippen LogP contribution in [0.15, 0.2) is 12.1 Å². The summed E-state index contributed by atoms with van der Waals surface area (Å²) in [6, 6.07) is 3.63. The number of hydrogen-bond donors (Lipinski definition) is 2. The third-order valence-electron chi connectivity index (χ3n) is 3.35. The van der Waals surface area contributed by atoms with Gasteiger partial charge in [-0.1, -0.05) is 40.9 Å². The molecule has 3 nitrogen and oxygen atoms in total. The van der Waals surface area contributed by atoms with Gasteiger partial charge in [0.15, 0.2) is 0 Å². The van der Waals surface area contributed by atoms with Gasteiger partial charge in [0, 0.05) is 25.0 Å². The maximum absolute atomic E-state index is 11.5. The Labute approximate surface area is 134 Å². The van der Waals surface area contributed by atoms with Crippen molar-refractivity contribution >= 4 is 40.7 Å². The molecular weight excluding hydrogens is 319 g/mol. The van der Waals surface area contributed by atoms with Crippen LogP contribution in [0.2, 0.25) is 15.1 Å². The molecule has 1 amide bonds. The number of rotatable bonds is 6. The number of nitrogens with one attached hydrogen (secondary N) is 2. The Kier molecular flexibility index (Phi) is 5.56. The normalized spacial score (nSPS) is 16.0. The maximum Gasteiger partial charge on any atom is 0.223 e. The number of carbonyl (C=O) groups is 1. The molecule has 1 aromatic carbocycles. The van der Waals surface area contributed by atoms with Crippen molar-refractivity contribution in [3.63, 3.8) is 0 Å². The van der Waals surface area contributed by atoms with Gasteiger partial charge in [-0.15, -0.1) is 0 Å². The van der Waals surface area contributed by atoms with Gasteiger partial charge in [-0.2, -0.15) is 0 Å². The third-order valence-corrected chi connectivity index (χ3v) is 4.66. The fourth-order valence-electron chi connectivity index (χ4n) is 1.95. The second-order valence-corrected chi connectivity index (χ2v) is 6.17. The summed E-state index contributed by atoms with van der Waals surface area (Å²) in [6.07, 6.45) is 2.04. The zero-order chi connectivity index (χ0) is 14.7. The summed E-state index contributed by atoms with van der Waals surface area (Å²) < 4.78 is 0. The summed E-state index contributed by atoms with van der Waals surface area (Å²) in [5.41, 5.74) is 0.898. The lowest BCUT2D eigenvalue weighted by atomic mass is 10.1. The molecule has 1 aromatic rings. The second-order valence-electron chi connectivity index (χ2n) is 5.01. The minimum absolute atomic E-state index is 0.0371. The zero-order valence-electron chi connectivity index (χ0n) is 11.2. The van der Waals surface area contributed by atoms with E-state index in [1.165, 1.54) is 0 Å². The van der Waals surface area contributed by atoms with Gasteiger partial charge in [-0.05, 0) is 31.4 Å². The van der Waals surface area contributed by atoms with Crippen molar-refractivity contribution in [3.05, 3.63) is 32.8 Å². The number of benzene rings is 1. The van der Waals surface area contributed by atoms with Crippen LogP contribution in [0.1, 0.15) is 31.4 Å². The summed E-state index contributed by atoms with van der Waals surface area (Å²) in [6.45, 7) is 3.28. The molecule has 2 N–H and O–H groups in total. The first-order valence-electron chi connectivity index (χ1n) is 6.65. The van der Waals surface area contributed by atoms with Crippen molar-refractivity contribution in [3.8, 4) is 0 Å². The lowest BCUT2D eigenvalue weighted by Gasteiger charge is -2.17. The molecular formula is C14H17Cl3N2O. The molecule has 20 heavy (non-hydrogen) atoms. The molecule has 1 fully saturated rings. The van der Waals surface area contributed by atoms with Crippen LogP contribution in [0.3, 0.4) is 0 Å². The van der Waals surface area contributed by atoms with E-state index in [9.17, 15) is 4.79 Å². The number of halogens is 3. The summed E-state index contributed by atoms with van der Waals surface area (Å²) in [7, 11) is 0. The van der Waals surface area contributed by atoms with Crippen LogP contribution in [0.4, 0.5) is 0 Å². The van der Waals surface area contributed by atoms with Crippen LogP contribution in [-0.4, -0.2) is 19.0 Å². The largest absolute Gasteiger partial charge is 0.355 e. The monoisotopic (exact) mass is 334 g/mol. The molecule has 110 valence electrons. The van der Waals surface area contributed by atoms with Crippen LogP contribution < -0.4 is 10.6 Å². The first-order chi connectivity index (χ1) is 9.50. The van der Waals surface area contributed by atoms with Crippen molar-refractivity contribution in [2.45, 2.75) is 25.8 Å². The Bertz CT molecular complexity index is 503. The molecule has 0 bridgehead atoms. The van der Waals surface area contributed by atoms with Gasteiger partial charge in [-0.3, -0.25) is 4.79 Å². The molecule has 2 rings (SSSR count). The minimum atomic E-state index is 0.0371. The maximum atomic E-state index is 11.5. The topological polar surface area (TPSA) is 41.1 Å². The van der Waals surface area contributed by atoms with Gasteiger partial charge in [0.1, 0.15) is 0 Å². The Hall–Kier alpha value is -0.480. The van der Waals surface area contributed by atoms with Gasteiger partial charge in [0.25, 0.3) is 0 Å². The predicted octanol–water partition coefficient (Wildman–Crippen LogP) is 3.82. The molecule has 1 saturated carbocycles. The van der Waals surface area contributed by atoms with E-state index in [2.05, 4.69) is 10.6 Å². The molecule has 1 aliphatic rings. The highest BCUT2D eigenvalue weighted by molar-refractivity contribution is 6.48. The highest BCUT2D eigenvalue weighted by Crippen LogP contribution is 2.35. The fourth-order valence-corrected chi connectivity index (χ4v) is 2.66. The molecule has 0 aliphatic heterocycles. The van der Waals surface area contributed by atoms with Crippen molar-refractivity contribution in [2.24, 2.45) is 5.92 Å². The smallest absolute Gasteiger partial charge is 0.223 e. The van der Waals surface area contributed by atoms with Crippen molar-refractivity contribution < 1.29 is 4.79 Å². The Balaban J connectivity index is 1.80. The van der Waals surface area contributed by atoms with E-state index in [1.54, 1.807) is 6.07 Å². The van der Waals surface area contributed by atoms with E-state index in [0.717, 1.165) is 18.4 Å². The fraction of sp³-hybridized carbons (Fsp3) is 0.500. The Morgan fingerprint density at radius 1 is 1.25 bits per heavy atom. The van der Waals surface area contributed by atoms with Gasteiger partial charge in [-0.25, -0.2) is 0 Å². The zero-order valence-corrected chi connectivity index (χ0v) is 13.4. The lowest BCUT2D eigenvalue weighted by Crippen LogP contribution is -2.33. The molecule has 0 spiro atoms. The van der Waals surface area contributed by atoms with Crippen LogP contribution in [0.5, 0.6) is 0 Å². The molecule has 0 heterocycles. The van der Waals surface area contributed by atoms with E-state index >= 15 is 0 Å². The van der Waals surface area contributed by atoms with Gasteiger partial charge < -0.3 is 10.6 Å². The molecule has 6 heteroatoms. The minimum Gasteiger partial charge on any atom is -0.355 e. The standard InChI is InChI=1S/C14H17Cl3N2O/c1-8(10-4-5-11(15)13(17)12(10)16)18-6-7-19-14(20)9-2-3-9/h4-5,8-9,18H,2-3,6-7H2,1H3,(H,19,20). The molecule has 1 unspecified atom stereocenters. The highest BCUT2D eigenvalue weighted by atomic mass is 35.5. The van der Waals surface area contributed by atoms with E-state index in [0.29, 0.717) is 28.2 Å². The van der Waals surface area contributed by atoms with Gasteiger partial charge in [0.05, 0.1) is 15.1 Å². The Morgan fingerprint density at radius 3 is 2.60 bits per heavy atom. The molecule has 1 atom stereocenters. The van der Waals surface area contributed by atoms with E-state index in [1.807, 2.05) is 13.0 Å². The van der Waals surface area contributed by atoms with Crippen LogP contribution in [-0.2, 0) is 4.79 Å². The molecule has 1 aliphatic carbocycles. The average Bonchev–Trinajstić information content (AvgIpc) is 3.25. The first-order valence-corrected chi connectivity index (χ1v) is 7.78. The summed E-state index contributed by atoms with van der Waals surface area (Å²) in [5, 5.41) is 7.50. The number of hydrogen-bond acceptors (Lipinski definition) is 2. The van der Waals surface area contributed by atoms with Crippen LogP contribution in [0.25, 0.3) is 0 Å². The highest BCUT2D eigenvalue weighted by Gasteiger charge is 2.29. The van der Waals surface area contributed by atoms with E-state index < -0.39 is 0 Å². The third kappa shape index (κ3) is 4.01. The SMILES string of the molecule is CC(NCCNC(=O)C1CC1)c1ccc(Cl)c(Cl)c1Cl. The number of amides is 1. The molecule has 0 aromatic heterocycles. The van der Waals surface area contributed by atoms with Gasteiger partial charge in [0.2, 0.25) is 5.91 Å². The molecule has 0 radical (unpaired) electrons. The quantitative estimate of drug-likeness (QED) is 0.613. The summed E-state index contributed by atoms with van der Waals surface area (Å²) >= 11 is 18.1. The lowest BCUT2D eigenvalue weighted by molar-refractivity contribution is -0.122. The average molecular weight is 336 g/mol. The van der Waals surface area contributed by atoms with Crippen LogP contribution >= 0.6 is 34.8 Å². The predicted molar refractivity (Wildman–Crippen MR) is 83.6 cm³/mol. The number of carbonyl (C=O) groups excluding carboxylic acids is 1. The second kappa shape index (κ2) is 6.99. The summed E-state index contributed by atoms with van der Waals surface area (Å²) in [5.74, 6) is 0.406. The van der Waals surface area contributed by atoms with Crippen LogP contribution in [0, 0.1) is 5.92 Å².